The normalized spacial score (nSPS) is 14.6. The van der Waals surface area contributed by atoms with Crippen LogP contribution in [-0.2, 0) is 4.79 Å². The van der Waals surface area contributed by atoms with Crippen molar-refractivity contribution < 1.29 is 4.79 Å². The molecule has 0 saturated heterocycles. The van der Waals surface area contributed by atoms with E-state index in [1.165, 1.54) is 30.9 Å². The molecule has 1 aromatic carbocycles. The van der Waals surface area contributed by atoms with Crippen molar-refractivity contribution in [1.29, 1.82) is 0 Å². The third kappa shape index (κ3) is 4.11. The summed E-state index contributed by atoms with van der Waals surface area (Å²) < 4.78 is 3.41. The Morgan fingerprint density at radius 1 is 1.33 bits per heavy atom. The van der Waals surface area contributed by atoms with E-state index >= 15 is 0 Å². The number of benzene rings is 1. The molecule has 3 aromatic rings. The number of nitrogens with zero attached hydrogens (tertiary/aromatic N) is 7. The smallest absolute Gasteiger partial charge is 0.234 e. The molecule has 11 heteroatoms. The van der Waals surface area contributed by atoms with Crippen molar-refractivity contribution in [2.75, 3.05) is 11.1 Å². The number of aromatic nitrogens is 7. The number of halogens is 1. The first kappa shape index (κ1) is 17.9. The molecule has 140 valence electrons. The SMILES string of the molecule is O=C(CSc1nnnn1C1CCCC1)Nc1cc(Cl)ccc1-n1cncn1. The van der Waals surface area contributed by atoms with Gasteiger partial charge in [0.1, 0.15) is 12.7 Å². The van der Waals surface area contributed by atoms with Crippen LogP contribution in [-0.4, -0.2) is 46.6 Å². The zero-order valence-corrected chi connectivity index (χ0v) is 15.9. The summed E-state index contributed by atoms with van der Waals surface area (Å²) in [6.07, 6.45) is 7.52. The topological polar surface area (TPSA) is 103 Å². The zero-order chi connectivity index (χ0) is 18.6. The number of anilines is 1. The summed E-state index contributed by atoms with van der Waals surface area (Å²) in [5.41, 5.74) is 1.25. The van der Waals surface area contributed by atoms with Crippen molar-refractivity contribution in [3.63, 3.8) is 0 Å². The number of carbonyl (C=O) groups excluding carboxylic acids is 1. The fourth-order valence-electron chi connectivity index (χ4n) is 3.12. The highest BCUT2D eigenvalue weighted by molar-refractivity contribution is 7.99. The van der Waals surface area contributed by atoms with E-state index in [4.69, 9.17) is 11.6 Å². The quantitative estimate of drug-likeness (QED) is 0.630. The maximum absolute atomic E-state index is 12.5. The predicted octanol–water partition coefficient (Wildman–Crippen LogP) is 2.75. The lowest BCUT2D eigenvalue weighted by Crippen LogP contribution is -2.17. The van der Waals surface area contributed by atoms with Crippen molar-refractivity contribution in [3.8, 4) is 5.69 Å². The van der Waals surface area contributed by atoms with Crippen molar-refractivity contribution in [3.05, 3.63) is 35.9 Å². The maximum Gasteiger partial charge on any atom is 0.234 e. The summed E-state index contributed by atoms with van der Waals surface area (Å²) in [6, 6.07) is 5.53. The number of carbonyl (C=O) groups is 1. The first-order valence-electron chi connectivity index (χ1n) is 8.56. The second kappa shape index (κ2) is 8.05. The molecular weight excluding hydrogens is 388 g/mol. The van der Waals surface area contributed by atoms with Crippen LogP contribution in [0, 0.1) is 0 Å². The van der Waals surface area contributed by atoms with Crippen LogP contribution >= 0.6 is 23.4 Å². The highest BCUT2D eigenvalue weighted by Crippen LogP contribution is 2.31. The summed E-state index contributed by atoms with van der Waals surface area (Å²) in [5, 5.41) is 20.1. The summed E-state index contributed by atoms with van der Waals surface area (Å²) in [7, 11) is 0. The van der Waals surface area contributed by atoms with Crippen LogP contribution in [0.3, 0.4) is 0 Å². The molecule has 27 heavy (non-hydrogen) atoms. The Labute approximate surface area is 164 Å². The number of tetrazole rings is 1. The third-order valence-corrected chi connectivity index (χ3v) is 5.53. The Balaban J connectivity index is 1.43. The van der Waals surface area contributed by atoms with E-state index < -0.39 is 0 Å². The van der Waals surface area contributed by atoms with Gasteiger partial charge in [-0.2, -0.15) is 5.10 Å². The van der Waals surface area contributed by atoms with Gasteiger partial charge in [-0.15, -0.1) is 5.10 Å². The molecule has 0 aliphatic heterocycles. The molecule has 2 heterocycles. The third-order valence-electron chi connectivity index (χ3n) is 4.36. The lowest BCUT2D eigenvalue weighted by molar-refractivity contribution is -0.113. The van der Waals surface area contributed by atoms with Gasteiger partial charge in [0.2, 0.25) is 11.1 Å². The van der Waals surface area contributed by atoms with Crippen molar-refractivity contribution in [2.24, 2.45) is 0 Å². The second-order valence-electron chi connectivity index (χ2n) is 6.18. The molecule has 4 rings (SSSR count). The number of hydrogen-bond donors (Lipinski definition) is 1. The molecule has 9 nitrogen and oxygen atoms in total. The molecule has 1 aliphatic rings. The van der Waals surface area contributed by atoms with Crippen LogP contribution in [0.15, 0.2) is 36.0 Å². The zero-order valence-electron chi connectivity index (χ0n) is 14.3. The highest BCUT2D eigenvalue weighted by Gasteiger charge is 2.22. The van der Waals surface area contributed by atoms with E-state index in [9.17, 15) is 4.79 Å². The van der Waals surface area contributed by atoms with E-state index in [2.05, 4.69) is 30.9 Å². The molecule has 1 fully saturated rings. The minimum absolute atomic E-state index is 0.176. The average molecular weight is 405 g/mol. The average Bonchev–Trinajstić information content (AvgIpc) is 3.41. The van der Waals surface area contributed by atoms with Gasteiger partial charge in [0.05, 0.1) is 23.2 Å². The summed E-state index contributed by atoms with van der Waals surface area (Å²) >= 11 is 7.40. The summed E-state index contributed by atoms with van der Waals surface area (Å²) in [5.74, 6) is 0.0146. The molecule has 2 aromatic heterocycles. The first-order valence-corrected chi connectivity index (χ1v) is 9.92. The van der Waals surface area contributed by atoms with Gasteiger partial charge in [0, 0.05) is 5.02 Å². The molecular formula is C16H17ClN8OS. The minimum atomic E-state index is -0.176. The van der Waals surface area contributed by atoms with Gasteiger partial charge in [-0.3, -0.25) is 4.79 Å². The van der Waals surface area contributed by atoms with E-state index in [1.54, 1.807) is 29.2 Å². The van der Waals surface area contributed by atoms with Crippen molar-refractivity contribution in [2.45, 2.75) is 36.9 Å². The first-order chi connectivity index (χ1) is 13.2. The predicted molar refractivity (Wildman–Crippen MR) is 101 cm³/mol. The van der Waals surface area contributed by atoms with Gasteiger partial charge in [0.25, 0.3) is 0 Å². The maximum atomic E-state index is 12.5. The fraction of sp³-hybridized carbons (Fsp3) is 0.375. The minimum Gasteiger partial charge on any atom is -0.323 e. The van der Waals surface area contributed by atoms with E-state index in [0.29, 0.717) is 27.6 Å². The molecule has 1 aliphatic carbocycles. The van der Waals surface area contributed by atoms with Gasteiger partial charge in [-0.1, -0.05) is 36.2 Å². The van der Waals surface area contributed by atoms with Crippen LogP contribution in [0.5, 0.6) is 0 Å². The second-order valence-corrected chi connectivity index (χ2v) is 7.56. The van der Waals surface area contributed by atoms with E-state index in [-0.39, 0.29) is 11.7 Å². The molecule has 0 unspecified atom stereocenters. The molecule has 1 amide bonds. The van der Waals surface area contributed by atoms with E-state index in [0.717, 1.165) is 12.8 Å². The molecule has 0 bridgehead atoms. The van der Waals surface area contributed by atoms with Crippen LogP contribution < -0.4 is 5.32 Å². The van der Waals surface area contributed by atoms with E-state index in [1.807, 2.05) is 4.68 Å². The van der Waals surface area contributed by atoms with Gasteiger partial charge in [0.15, 0.2) is 0 Å². The number of thioether (sulfide) groups is 1. The van der Waals surface area contributed by atoms with Gasteiger partial charge in [-0.25, -0.2) is 14.3 Å². The van der Waals surface area contributed by atoms with Crippen molar-refractivity contribution in [1.82, 2.24) is 35.0 Å². The lowest BCUT2D eigenvalue weighted by atomic mass is 10.2. The molecule has 1 saturated carbocycles. The fourth-order valence-corrected chi connectivity index (χ4v) is 4.03. The van der Waals surface area contributed by atoms with Crippen LogP contribution in [0.4, 0.5) is 5.69 Å². The number of hydrogen-bond acceptors (Lipinski definition) is 7. The summed E-state index contributed by atoms with van der Waals surface area (Å²) in [6.45, 7) is 0. The molecule has 0 atom stereocenters. The summed E-state index contributed by atoms with van der Waals surface area (Å²) in [4.78, 5) is 16.4. The standard InChI is InChI=1S/C16H17ClN8OS/c17-11-5-6-14(24-10-18-9-19-24)13(7-11)20-15(26)8-27-16-21-22-23-25(16)12-3-1-2-4-12/h5-7,9-10,12H,1-4,8H2,(H,20,26). The van der Waals surface area contributed by atoms with Crippen LogP contribution in [0.25, 0.3) is 5.69 Å². The number of nitrogens with one attached hydrogen (secondary N) is 1. The largest absolute Gasteiger partial charge is 0.323 e. The Kier molecular flexibility index (Phi) is 5.35. The molecule has 0 spiro atoms. The number of amides is 1. The molecule has 1 N–H and O–H groups in total. The van der Waals surface area contributed by atoms with Gasteiger partial charge >= 0.3 is 0 Å². The number of rotatable bonds is 6. The Morgan fingerprint density at radius 2 is 2.19 bits per heavy atom. The van der Waals surface area contributed by atoms with Gasteiger partial charge < -0.3 is 5.32 Å². The van der Waals surface area contributed by atoms with Crippen molar-refractivity contribution >= 4 is 35.0 Å². The Morgan fingerprint density at radius 3 is 2.96 bits per heavy atom. The lowest BCUT2D eigenvalue weighted by Gasteiger charge is -2.12. The highest BCUT2D eigenvalue weighted by atomic mass is 35.5. The Hall–Kier alpha value is -2.46. The van der Waals surface area contributed by atoms with Crippen LogP contribution in [0.2, 0.25) is 5.02 Å². The monoisotopic (exact) mass is 404 g/mol. The Bertz CT molecular complexity index is 922. The molecule has 0 radical (unpaired) electrons. The van der Waals surface area contributed by atoms with Crippen LogP contribution in [0.1, 0.15) is 31.7 Å². The van der Waals surface area contributed by atoms with Gasteiger partial charge in [-0.05, 0) is 41.5 Å².